The van der Waals surface area contributed by atoms with Crippen molar-refractivity contribution in [2.45, 2.75) is 9.79 Å². The molecule has 22 heavy (non-hydrogen) atoms. The van der Waals surface area contributed by atoms with Gasteiger partial charge in [-0.25, -0.2) is 8.42 Å². The van der Waals surface area contributed by atoms with Gasteiger partial charge in [0.15, 0.2) is 0 Å². The van der Waals surface area contributed by atoms with Crippen molar-refractivity contribution in [2.24, 2.45) is 0 Å². The van der Waals surface area contributed by atoms with Crippen LogP contribution in [0.15, 0.2) is 63.2 Å². The molecular formula is C15H9NaO4S2. The Morgan fingerprint density at radius 1 is 1.05 bits per heavy atom. The first kappa shape index (κ1) is 17.5. The van der Waals surface area contributed by atoms with Crippen molar-refractivity contribution in [3.05, 3.63) is 64.6 Å². The summed E-state index contributed by atoms with van der Waals surface area (Å²) in [5.41, 5.74) is 1.15. The van der Waals surface area contributed by atoms with E-state index >= 15 is 0 Å². The summed E-state index contributed by atoms with van der Waals surface area (Å²) >= 11 is 1.34. The average Bonchev–Trinajstić information content (AvgIpc) is 2.75. The number of hydrogen-bond donors (Lipinski definition) is 0. The second-order valence-corrected chi connectivity index (χ2v) is 6.93. The van der Waals surface area contributed by atoms with Crippen molar-refractivity contribution in [3.8, 4) is 0 Å². The quantitative estimate of drug-likeness (QED) is 0.434. The Bertz CT molecular complexity index is 873. The molecule has 3 rings (SSSR count). The summed E-state index contributed by atoms with van der Waals surface area (Å²) in [5.74, 6) is -0.0917. The molecule has 0 aliphatic carbocycles. The van der Waals surface area contributed by atoms with Crippen molar-refractivity contribution < 1.29 is 47.3 Å². The SMILES string of the molecule is O=C1C(=Cc2cccc(S(=O)(=O)[O-])c2)Sc2ccccc21.[Na+]. The Morgan fingerprint density at radius 3 is 2.45 bits per heavy atom. The summed E-state index contributed by atoms with van der Waals surface area (Å²) in [7, 11) is -4.50. The zero-order chi connectivity index (χ0) is 15.0. The number of fused-ring (bicyclic) bond motifs is 1. The second kappa shape index (κ2) is 6.70. The first-order chi connectivity index (χ1) is 9.95. The number of ketones is 1. The smallest absolute Gasteiger partial charge is 0.744 e. The van der Waals surface area contributed by atoms with E-state index in [4.69, 9.17) is 0 Å². The number of hydrogen-bond acceptors (Lipinski definition) is 5. The van der Waals surface area contributed by atoms with Gasteiger partial charge in [-0.1, -0.05) is 36.0 Å². The van der Waals surface area contributed by atoms with E-state index in [1.54, 1.807) is 24.3 Å². The van der Waals surface area contributed by atoms with Gasteiger partial charge in [-0.3, -0.25) is 4.79 Å². The van der Waals surface area contributed by atoms with E-state index in [2.05, 4.69) is 0 Å². The van der Waals surface area contributed by atoms with Gasteiger partial charge in [0.05, 0.1) is 9.80 Å². The van der Waals surface area contributed by atoms with Gasteiger partial charge < -0.3 is 4.55 Å². The fourth-order valence-electron chi connectivity index (χ4n) is 2.05. The minimum atomic E-state index is -4.50. The number of carbonyl (C=O) groups is 1. The van der Waals surface area contributed by atoms with Crippen molar-refractivity contribution >= 4 is 33.7 Å². The number of carbonyl (C=O) groups excluding carboxylic acids is 1. The zero-order valence-electron chi connectivity index (χ0n) is 11.6. The second-order valence-electron chi connectivity index (χ2n) is 4.46. The number of benzene rings is 2. The van der Waals surface area contributed by atoms with Crippen molar-refractivity contribution in [1.29, 1.82) is 0 Å². The number of thioether (sulfide) groups is 1. The zero-order valence-corrected chi connectivity index (χ0v) is 15.3. The minimum Gasteiger partial charge on any atom is -0.744 e. The van der Waals surface area contributed by atoms with Crippen LogP contribution in [0.3, 0.4) is 0 Å². The van der Waals surface area contributed by atoms with Crippen LogP contribution in [0.5, 0.6) is 0 Å². The summed E-state index contributed by atoms with van der Waals surface area (Å²) in [6, 6.07) is 12.9. The number of rotatable bonds is 2. The van der Waals surface area contributed by atoms with Gasteiger partial charge in [0.2, 0.25) is 5.78 Å². The first-order valence-electron chi connectivity index (χ1n) is 6.04. The van der Waals surface area contributed by atoms with Crippen LogP contribution in [-0.2, 0) is 10.1 Å². The standard InChI is InChI=1S/C15H10O4S2.Na/c16-15-12-6-1-2-7-13(12)20-14(15)9-10-4-3-5-11(8-10)21(17,18)19;/h1-9H,(H,17,18,19);/q;+1/p-1. The van der Waals surface area contributed by atoms with Crippen molar-refractivity contribution in [3.63, 3.8) is 0 Å². The predicted molar refractivity (Wildman–Crippen MR) is 79.0 cm³/mol. The van der Waals surface area contributed by atoms with Gasteiger partial charge in [0.25, 0.3) is 0 Å². The molecule has 0 atom stereocenters. The van der Waals surface area contributed by atoms with E-state index in [0.717, 1.165) is 4.90 Å². The maximum absolute atomic E-state index is 12.2. The topological polar surface area (TPSA) is 74.3 Å². The predicted octanol–water partition coefficient (Wildman–Crippen LogP) is -0.0758. The van der Waals surface area contributed by atoms with Crippen LogP contribution in [0.4, 0.5) is 0 Å². The molecule has 1 heterocycles. The largest absolute Gasteiger partial charge is 1.00 e. The molecular weight excluding hydrogens is 331 g/mol. The van der Waals surface area contributed by atoms with E-state index in [9.17, 15) is 17.8 Å². The average molecular weight is 340 g/mol. The van der Waals surface area contributed by atoms with Crippen LogP contribution in [-0.4, -0.2) is 18.8 Å². The van der Waals surface area contributed by atoms with Gasteiger partial charge in [-0.15, -0.1) is 0 Å². The molecule has 0 aromatic heterocycles. The normalized spacial score (nSPS) is 15.5. The van der Waals surface area contributed by atoms with Gasteiger partial charge in [-0.2, -0.15) is 0 Å². The molecule has 1 aliphatic rings. The summed E-state index contributed by atoms with van der Waals surface area (Å²) in [6.07, 6.45) is 1.60. The molecule has 0 amide bonds. The molecule has 0 spiro atoms. The third-order valence-corrected chi connectivity index (χ3v) is 4.95. The molecule has 2 aromatic rings. The number of allylic oxidation sites excluding steroid dienone is 1. The molecule has 4 nitrogen and oxygen atoms in total. The van der Waals surface area contributed by atoms with Gasteiger partial charge in [-0.05, 0) is 35.9 Å². The summed E-state index contributed by atoms with van der Waals surface area (Å²) in [5, 5.41) is 0. The van der Waals surface area contributed by atoms with Crippen LogP contribution < -0.4 is 29.6 Å². The van der Waals surface area contributed by atoms with E-state index in [-0.39, 0.29) is 40.2 Å². The van der Waals surface area contributed by atoms with E-state index in [1.165, 1.54) is 30.0 Å². The van der Waals surface area contributed by atoms with Crippen LogP contribution in [0.1, 0.15) is 15.9 Å². The molecule has 0 fully saturated rings. The van der Waals surface area contributed by atoms with Crippen molar-refractivity contribution in [1.82, 2.24) is 0 Å². The molecule has 106 valence electrons. The summed E-state index contributed by atoms with van der Waals surface area (Å²) in [4.78, 5) is 13.3. The fraction of sp³-hybridized carbons (Fsp3) is 0. The van der Waals surface area contributed by atoms with Crippen LogP contribution in [0.2, 0.25) is 0 Å². The molecule has 0 radical (unpaired) electrons. The molecule has 0 unspecified atom stereocenters. The van der Waals surface area contributed by atoms with E-state index in [0.29, 0.717) is 16.0 Å². The van der Waals surface area contributed by atoms with Crippen LogP contribution >= 0.6 is 11.8 Å². The monoisotopic (exact) mass is 340 g/mol. The van der Waals surface area contributed by atoms with Gasteiger partial charge >= 0.3 is 29.6 Å². The minimum absolute atomic E-state index is 0. The Kier molecular flexibility index (Phi) is 5.32. The third-order valence-electron chi connectivity index (χ3n) is 3.02. The number of Topliss-reactive ketones (excluding diaryl/α,β-unsaturated/α-hetero) is 1. The van der Waals surface area contributed by atoms with Gasteiger partial charge in [0.1, 0.15) is 10.1 Å². The van der Waals surface area contributed by atoms with E-state index < -0.39 is 10.1 Å². The van der Waals surface area contributed by atoms with Crippen LogP contribution in [0, 0.1) is 0 Å². The summed E-state index contributed by atoms with van der Waals surface area (Å²) < 4.78 is 33.1. The van der Waals surface area contributed by atoms with E-state index in [1.807, 2.05) is 12.1 Å². The Labute approximate surface area is 154 Å². The molecule has 0 bridgehead atoms. The Hall–Kier alpha value is -0.890. The van der Waals surface area contributed by atoms with Crippen LogP contribution in [0.25, 0.3) is 6.08 Å². The molecule has 2 aromatic carbocycles. The summed E-state index contributed by atoms with van der Waals surface area (Å²) in [6.45, 7) is 0. The molecule has 0 N–H and O–H groups in total. The Morgan fingerprint density at radius 2 is 1.77 bits per heavy atom. The van der Waals surface area contributed by atoms with Crippen molar-refractivity contribution in [2.75, 3.05) is 0 Å². The maximum Gasteiger partial charge on any atom is 1.00 e. The molecule has 0 saturated heterocycles. The maximum atomic E-state index is 12.2. The third kappa shape index (κ3) is 3.53. The fourth-order valence-corrected chi connectivity index (χ4v) is 3.62. The first-order valence-corrected chi connectivity index (χ1v) is 8.27. The molecule has 0 saturated carbocycles. The van der Waals surface area contributed by atoms with Gasteiger partial charge in [0, 0.05) is 10.5 Å². The Balaban J connectivity index is 0.00000176. The molecule has 7 heteroatoms. The molecule has 1 aliphatic heterocycles.